The van der Waals surface area contributed by atoms with Crippen molar-refractivity contribution >= 4 is 23.3 Å². The number of aryl methyl sites for hydroxylation is 1. The molecule has 0 aromatic carbocycles. The number of hydrogen-bond donors (Lipinski definition) is 2. The number of hydrogen-bond acceptors (Lipinski definition) is 3. The van der Waals surface area contributed by atoms with Gasteiger partial charge in [-0.1, -0.05) is 0 Å². The number of urea groups is 1. The molecule has 1 atom stereocenters. The summed E-state index contributed by atoms with van der Waals surface area (Å²) < 4.78 is 0. The topological polar surface area (TPSA) is 69.6 Å². The largest absolute Gasteiger partial charge is 0.481 e. The highest BCUT2D eigenvalue weighted by Crippen LogP contribution is 2.27. The van der Waals surface area contributed by atoms with Gasteiger partial charge in [0.1, 0.15) is 0 Å². The van der Waals surface area contributed by atoms with Gasteiger partial charge in [0.25, 0.3) is 0 Å². The molecule has 2 rings (SSSR count). The van der Waals surface area contributed by atoms with E-state index in [0.717, 1.165) is 4.88 Å². The van der Waals surface area contributed by atoms with Crippen molar-refractivity contribution < 1.29 is 14.7 Å². The van der Waals surface area contributed by atoms with Crippen LogP contribution in [0.25, 0.3) is 0 Å². The summed E-state index contributed by atoms with van der Waals surface area (Å²) in [5, 5.41) is 13.5. The van der Waals surface area contributed by atoms with E-state index in [2.05, 4.69) is 5.32 Å². The maximum absolute atomic E-state index is 11.6. The molecule has 2 N–H and O–H groups in total. The fourth-order valence-corrected chi connectivity index (χ4v) is 2.87. The maximum atomic E-state index is 11.6. The summed E-state index contributed by atoms with van der Waals surface area (Å²) >= 11 is 1.62. The predicted octanol–water partition coefficient (Wildman–Crippen LogP) is 1.60. The second-order valence-corrected chi connectivity index (χ2v) is 5.01. The zero-order valence-corrected chi connectivity index (χ0v) is 10.3. The molecule has 0 spiro atoms. The van der Waals surface area contributed by atoms with Gasteiger partial charge in [-0.15, -0.1) is 11.3 Å². The third-order valence-corrected chi connectivity index (χ3v) is 3.93. The van der Waals surface area contributed by atoms with E-state index in [-0.39, 0.29) is 25.0 Å². The zero-order valence-electron chi connectivity index (χ0n) is 9.47. The Bertz CT molecular complexity index is 444. The Hall–Kier alpha value is -1.56. The van der Waals surface area contributed by atoms with Crippen LogP contribution < -0.4 is 5.32 Å². The van der Waals surface area contributed by atoms with Crippen molar-refractivity contribution in [2.45, 2.75) is 19.4 Å². The van der Waals surface area contributed by atoms with Crippen LogP contribution in [0.1, 0.15) is 22.9 Å². The molecule has 0 saturated carbocycles. The molecule has 1 unspecified atom stereocenters. The van der Waals surface area contributed by atoms with Crippen LogP contribution in [0.15, 0.2) is 11.4 Å². The van der Waals surface area contributed by atoms with Crippen molar-refractivity contribution in [1.82, 2.24) is 10.2 Å². The number of nitrogens with zero attached hydrogens (tertiary/aromatic N) is 1. The molecule has 2 heterocycles. The monoisotopic (exact) mass is 254 g/mol. The van der Waals surface area contributed by atoms with Crippen molar-refractivity contribution in [2.24, 2.45) is 0 Å². The van der Waals surface area contributed by atoms with Crippen LogP contribution in [0.2, 0.25) is 0 Å². The molecule has 0 radical (unpaired) electrons. The highest BCUT2D eigenvalue weighted by atomic mass is 32.1. The first kappa shape index (κ1) is 11.9. The fraction of sp³-hybridized carbons (Fsp3) is 0.455. The van der Waals surface area contributed by atoms with Gasteiger partial charge >= 0.3 is 12.0 Å². The van der Waals surface area contributed by atoms with Gasteiger partial charge in [-0.25, -0.2) is 4.79 Å². The number of thiophene rings is 1. The van der Waals surface area contributed by atoms with Gasteiger partial charge in [0, 0.05) is 18.0 Å². The van der Waals surface area contributed by atoms with E-state index in [1.165, 1.54) is 5.56 Å². The van der Waals surface area contributed by atoms with Crippen molar-refractivity contribution in [3.05, 3.63) is 21.9 Å². The molecule has 1 aromatic heterocycles. The Morgan fingerprint density at radius 3 is 3.06 bits per heavy atom. The zero-order chi connectivity index (χ0) is 12.4. The third-order valence-electron chi connectivity index (χ3n) is 2.80. The average Bonchev–Trinajstić information content (AvgIpc) is 2.82. The van der Waals surface area contributed by atoms with E-state index in [0.29, 0.717) is 6.54 Å². The number of rotatable bonds is 4. The summed E-state index contributed by atoms with van der Waals surface area (Å²) in [4.78, 5) is 24.8. The predicted molar refractivity (Wildman–Crippen MR) is 64.2 cm³/mol. The number of carbonyl (C=O) groups is 2. The number of carboxylic acid groups (broad SMARTS) is 1. The van der Waals surface area contributed by atoms with Crippen LogP contribution >= 0.6 is 11.3 Å². The Morgan fingerprint density at radius 2 is 2.47 bits per heavy atom. The smallest absolute Gasteiger partial charge is 0.318 e. The van der Waals surface area contributed by atoms with Gasteiger partial charge in [0.15, 0.2) is 0 Å². The number of carbonyl (C=O) groups excluding carboxylic acids is 1. The van der Waals surface area contributed by atoms with E-state index in [9.17, 15) is 9.59 Å². The van der Waals surface area contributed by atoms with E-state index in [1.54, 1.807) is 16.2 Å². The highest BCUT2D eigenvalue weighted by molar-refractivity contribution is 7.10. The molecule has 0 bridgehead atoms. The lowest BCUT2D eigenvalue weighted by Gasteiger charge is -2.12. The summed E-state index contributed by atoms with van der Waals surface area (Å²) in [6.45, 7) is 2.83. The van der Waals surface area contributed by atoms with Gasteiger partial charge in [0.05, 0.1) is 12.5 Å². The molecule has 17 heavy (non-hydrogen) atoms. The Balaban J connectivity index is 2.00. The van der Waals surface area contributed by atoms with Crippen molar-refractivity contribution in [3.63, 3.8) is 0 Å². The summed E-state index contributed by atoms with van der Waals surface area (Å²) in [5.74, 6) is -0.881. The molecular weight excluding hydrogens is 240 g/mol. The van der Waals surface area contributed by atoms with Gasteiger partial charge in [-0.05, 0) is 23.9 Å². The lowest BCUT2D eigenvalue weighted by Crippen LogP contribution is -2.30. The number of aliphatic carboxylic acids is 1. The molecule has 1 fully saturated rings. The van der Waals surface area contributed by atoms with E-state index < -0.39 is 5.97 Å². The van der Waals surface area contributed by atoms with Crippen LogP contribution in [0.3, 0.4) is 0 Å². The molecular formula is C11H14N2O3S. The van der Waals surface area contributed by atoms with Crippen LogP contribution in [0.5, 0.6) is 0 Å². The Kier molecular flexibility index (Phi) is 3.33. The second-order valence-electron chi connectivity index (χ2n) is 4.06. The highest BCUT2D eigenvalue weighted by Gasteiger charge is 2.31. The van der Waals surface area contributed by atoms with Gasteiger partial charge < -0.3 is 15.3 Å². The van der Waals surface area contributed by atoms with Crippen LogP contribution in [-0.2, 0) is 4.79 Å². The molecule has 1 saturated heterocycles. The summed E-state index contributed by atoms with van der Waals surface area (Å²) in [6, 6.07) is 1.84. The lowest BCUT2D eigenvalue weighted by atomic mass is 10.2. The quantitative estimate of drug-likeness (QED) is 0.857. The normalized spacial score (nSPS) is 19.5. The van der Waals surface area contributed by atoms with Crippen molar-refractivity contribution in [1.29, 1.82) is 0 Å². The molecule has 2 amide bonds. The number of carboxylic acids is 1. The van der Waals surface area contributed by atoms with Gasteiger partial charge in [-0.2, -0.15) is 0 Å². The summed E-state index contributed by atoms with van der Waals surface area (Å²) in [5.41, 5.74) is 1.17. The molecule has 5 nitrogen and oxygen atoms in total. The van der Waals surface area contributed by atoms with Gasteiger partial charge in [0.2, 0.25) is 0 Å². The summed E-state index contributed by atoms with van der Waals surface area (Å²) in [7, 11) is 0. The number of amides is 2. The van der Waals surface area contributed by atoms with Crippen molar-refractivity contribution in [3.8, 4) is 0 Å². The lowest BCUT2D eigenvalue weighted by molar-refractivity contribution is -0.137. The van der Waals surface area contributed by atoms with E-state index in [4.69, 9.17) is 5.11 Å². The second kappa shape index (κ2) is 4.75. The SMILES string of the molecule is Cc1ccsc1C1CN(CCC(=O)O)C(=O)N1. The molecule has 1 aromatic rings. The Morgan fingerprint density at radius 1 is 1.71 bits per heavy atom. The minimum atomic E-state index is -0.881. The molecule has 1 aliphatic rings. The summed E-state index contributed by atoms with van der Waals surface area (Å²) in [6.07, 6.45) is -0.0104. The fourth-order valence-electron chi connectivity index (χ4n) is 1.90. The van der Waals surface area contributed by atoms with E-state index >= 15 is 0 Å². The van der Waals surface area contributed by atoms with Crippen LogP contribution in [0.4, 0.5) is 4.79 Å². The molecule has 6 heteroatoms. The molecule has 1 aliphatic heterocycles. The first-order chi connectivity index (χ1) is 8.08. The standard InChI is InChI=1S/C11H14N2O3S/c1-7-3-5-17-10(7)8-6-13(11(16)12-8)4-2-9(14)15/h3,5,8H,2,4,6H2,1H3,(H,12,16)(H,14,15). The average molecular weight is 254 g/mol. The minimum absolute atomic E-state index is 0.00343. The first-order valence-corrected chi connectivity index (χ1v) is 6.27. The Labute approximate surface area is 103 Å². The maximum Gasteiger partial charge on any atom is 0.318 e. The van der Waals surface area contributed by atoms with Crippen LogP contribution in [-0.4, -0.2) is 35.1 Å². The molecule has 0 aliphatic carbocycles. The van der Waals surface area contributed by atoms with E-state index in [1.807, 2.05) is 18.4 Å². The van der Waals surface area contributed by atoms with Crippen LogP contribution in [0, 0.1) is 6.92 Å². The van der Waals surface area contributed by atoms with Crippen molar-refractivity contribution in [2.75, 3.05) is 13.1 Å². The minimum Gasteiger partial charge on any atom is -0.481 e. The third kappa shape index (κ3) is 2.58. The molecule has 92 valence electrons. The first-order valence-electron chi connectivity index (χ1n) is 5.39. The van der Waals surface area contributed by atoms with Gasteiger partial charge in [-0.3, -0.25) is 4.79 Å². The number of nitrogens with one attached hydrogen (secondary N) is 1.